The molecule has 4 unspecified atom stereocenters. The molecule has 0 heterocycles. The second kappa shape index (κ2) is 15.8. The Labute approximate surface area is 255 Å². The zero-order valence-electron chi connectivity index (χ0n) is 23.2. The lowest BCUT2D eigenvalue weighted by Crippen LogP contribution is -2.42. The standard InChI is InChI=1S/C33H32Cl2O7/c1-23(39-29-17-13-25(34)14-18-29)31(21-37-27-9-5-3-6-10-27)41-33(36)42-32(22-38-28-11-7-4-8-12-28)24(2)40-30-19-15-26(35)16-20-30/h3-20,23-24,31-32H,21-22H2,1-2H3. The lowest BCUT2D eigenvalue weighted by Gasteiger charge is -2.28. The molecule has 0 aliphatic carbocycles. The smallest absolute Gasteiger partial charge is 0.490 e. The molecule has 4 aromatic rings. The summed E-state index contributed by atoms with van der Waals surface area (Å²) in [5.41, 5.74) is 0. The Morgan fingerprint density at radius 3 is 1.26 bits per heavy atom. The molecular weight excluding hydrogens is 579 g/mol. The molecule has 4 atom stereocenters. The summed E-state index contributed by atoms with van der Waals surface area (Å²) < 4.78 is 35.4. The van der Waals surface area contributed by atoms with Gasteiger partial charge in [0.25, 0.3) is 0 Å². The Hall–Kier alpha value is -4.07. The van der Waals surface area contributed by atoms with E-state index in [2.05, 4.69) is 0 Å². The van der Waals surface area contributed by atoms with Crippen LogP contribution in [0.5, 0.6) is 23.0 Å². The van der Waals surface area contributed by atoms with Crippen molar-refractivity contribution in [2.45, 2.75) is 38.3 Å². The highest BCUT2D eigenvalue weighted by Gasteiger charge is 2.30. The summed E-state index contributed by atoms with van der Waals surface area (Å²) >= 11 is 12.0. The minimum absolute atomic E-state index is 0.0237. The second-order valence-corrected chi connectivity index (χ2v) is 10.2. The predicted octanol–water partition coefficient (Wildman–Crippen LogP) is 8.28. The summed E-state index contributed by atoms with van der Waals surface area (Å²) in [5.74, 6) is 2.37. The maximum Gasteiger partial charge on any atom is 0.509 e. The van der Waals surface area contributed by atoms with Crippen molar-refractivity contribution in [3.8, 4) is 23.0 Å². The van der Waals surface area contributed by atoms with Gasteiger partial charge >= 0.3 is 6.16 Å². The van der Waals surface area contributed by atoms with E-state index >= 15 is 0 Å². The SMILES string of the molecule is CC(Oc1ccc(Cl)cc1)C(COc1ccccc1)OC(=O)OC(COc1ccccc1)C(C)Oc1ccc(Cl)cc1. The van der Waals surface area contributed by atoms with Crippen molar-refractivity contribution in [2.75, 3.05) is 13.2 Å². The van der Waals surface area contributed by atoms with Crippen LogP contribution in [0, 0.1) is 0 Å². The van der Waals surface area contributed by atoms with E-state index in [1.807, 2.05) is 60.7 Å². The van der Waals surface area contributed by atoms with Crippen LogP contribution < -0.4 is 18.9 Å². The molecule has 0 aromatic heterocycles. The normalized spacial score (nSPS) is 13.6. The van der Waals surface area contributed by atoms with Gasteiger partial charge in [-0.1, -0.05) is 59.6 Å². The molecule has 0 N–H and O–H groups in total. The minimum atomic E-state index is -0.920. The minimum Gasteiger partial charge on any atom is -0.490 e. The number of hydrogen-bond donors (Lipinski definition) is 0. The van der Waals surface area contributed by atoms with Crippen LogP contribution in [0.2, 0.25) is 10.0 Å². The number of benzene rings is 4. The molecule has 42 heavy (non-hydrogen) atoms. The van der Waals surface area contributed by atoms with E-state index < -0.39 is 30.6 Å². The molecule has 4 rings (SSSR count). The molecule has 0 amide bonds. The molecule has 0 spiro atoms. The van der Waals surface area contributed by atoms with Crippen molar-refractivity contribution >= 4 is 29.4 Å². The van der Waals surface area contributed by atoms with Gasteiger partial charge in [-0.05, 0) is 86.6 Å². The fourth-order valence-electron chi connectivity index (χ4n) is 3.80. The summed E-state index contributed by atoms with van der Waals surface area (Å²) in [6, 6.07) is 32.2. The highest BCUT2D eigenvalue weighted by atomic mass is 35.5. The second-order valence-electron chi connectivity index (χ2n) is 9.36. The maximum absolute atomic E-state index is 13.2. The zero-order chi connectivity index (χ0) is 29.7. The number of hydrogen-bond acceptors (Lipinski definition) is 7. The first-order valence-corrected chi connectivity index (χ1v) is 14.2. The molecule has 220 valence electrons. The van der Waals surface area contributed by atoms with Gasteiger partial charge in [-0.25, -0.2) is 4.79 Å². The van der Waals surface area contributed by atoms with Gasteiger partial charge in [0.15, 0.2) is 12.2 Å². The Bertz CT molecular complexity index is 1250. The first-order chi connectivity index (χ1) is 20.4. The monoisotopic (exact) mass is 610 g/mol. The van der Waals surface area contributed by atoms with E-state index in [4.69, 9.17) is 51.6 Å². The van der Waals surface area contributed by atoms with Crippen molar-refractivity contribution in [1.29, 1.82) is 0 Å². The van der Waals surface area contributed by atoms with Crippen LogP contribution in [0.25, 0.3) is 0 Å². The van der Waals surface area contributed by atoms with Crippen molar-refractivity contribution in [1.82, 2.24) is 0 Å². The summed E-state index contributed by atoms with van der Waals surface area (Å²) in [6.45, 7) is 3.61. The molecule has 0 aliphatic rings. The van der Waals surface area contributed by atoms with Gasteiger partial charge in [-0.2, -0.15) is 0 Å². The van der Waals surface area contributed by atoms with E-state index in [1.54, 1.807) is 62.4 Å². The van der Waals surface area contributed by atoms with Crippen LogP contribution in [-0.2, 0) is 9.47 Å². The van der Waals surface area contributed by atoms with E-state index in [0.29, 0.717) is 33.0 Å². The van der Waals surface area contributed by atoms with E-state index in [9.17, 15) is 4.79 Å². The molecule has 0 fully saturated rings. The van der Waals surface area contributed by atoms with Gasteiger partial charge in [0, 0.05) is 10.0 Å². The molecular formula is C33H32Cl2O7. The number of rotatable bonds is 14. The molecule has 7 nitrogen and oxygen atoms in total. The quantitative estimate of drug-likeness (QED) is 0.133. The van der Waals surface area contributed by atoms with Crippen molar-refractivity contribution < 1.29 is 33.2 Å². The number of carbonyl (C=O) groups is 1. The van der Waals surface area contributed by atoms with Gasteiger partial charge in [-0.3, -0.25) is 0 Å². The van der Waals surface area contributed by atoms with Gasteiger partial charge in [-0.15, -0.1) is 0 Å². The fraction of sp³-hybridized carbons (Fsp3) is 0.242. The third-order valence-corrected chi connectivity index (χ3v) is 6.63. The molecule has 0 radical (unpaired) electrons. The van der Waals surface area contributed by atoms with Crippen molar-refractivity contribution in [2.24, 2.45) is 0 Å². The van der Waals surface area contributed by atoms with Crippen LogP contribution in [0.1, 0.15) is 13.8 Å². The maximum atomic E-state index is 13.2. The van der Waals surface area contributed by atoms with E-state index in [-0.39, 0.29) is 13.2 Å². The van der Waals surface area contributed by atoms with Crippen LogP contribution in [0.3, 0.4) is 0 Å². The van der Waals surface area contributed by atoms with Gasteiger partial charge in [0.2, 0.25) is 0 Å². The Morgan fingerprint density at radius 1 is 0.548 bits per heavy atom. The lowest BCUT2D eigenvalue weighted by molar-refractivity contribution is -0.0713. The Morgan fingerprint density at radius 2 is 0.905 bits per heavy atom. The van der Waals surface area contributed by atoms with Crippen LogP contribution in [0.15, 0.2) is 109 Å². The first-order valence-electron chi connectivity index (χ1n) is 13.4. The summed E-state index contributed by atoms with van der Waals surface area (Å²) in [6.07, 6.45) is -3.75. The molecule has 0 aliphatic heterocycles. The average molecular weight is 612 g/mol. The summed E-state index contributed by atoms with van der Waals surface area (Å²) in [5, 5.41) is 1.16. The zero-order valence-corrected chi connectivity index (χ0v) is 24.7. The van der Waals surface area contributed by atoms with Gasteiger partial charge in [0.1, 0.15) is 48.4 Å². The molecule has 0 bridgehead atoms. The van der Waals surface area contributed by atoms with Crippen LogP contribution >= 0.6 is 23.2 Å². The molecule has 9 heteroatoms. The highest BCUT2D eigenvalue weighted by molar-refractivity contribution is 6.30. The lowest BCUT2D eigenvalue weighted by atomic mass is 10.2. The van der Waals surface area contributed by atoms with Crippen LogP contribution in [0.4, 0.5) is 4.79 Å². The first kappa shape index (κ1) is 30.9. The average Bonchev–Trinajstić information content (AvgIpc) is 3.00. The topological polar surface area (TPSA) is 72.5 Å². The van der Waals surface area contributed by atoms with Crippen LogP contribution in [-0.4, -0.2) is 43.8 Å². The largest absolute Gasteiger partial charge is 0.509 e. The highest BCUT2D eigenvalue weighted by Crippen LogP contribution is 2.22. The van der Waals surface area contributed by atoms with E-state index in [1.165, 1.54) is 0 Å². The molecule has 0 saturated heterocycles. The summed E-state index contributed by atoms with van der Waals surface area (Å²) in [4.78, 5) is 13.2. The number of ether oxygens (including phenoxy) is 6. The third-order valence-electron chi connectivity index (χ3n) is 6.13. The predicted molar refractivity (Wildman–Crippen MR) is 162 cm³/mol. The van der Waals surface area contributed by atoms with Gasteiger partial charge in [0.05, 0.1) is 0 Å². The third kappa shape index (κ3) is 10.1. The van der Waals surface area contributed by atoms with Gasteiger partial charge < -0.3 is 28.4 Å². The molecule has 0 saturated carbocycles. The Kier molecular flexibility index (Phi) is 11.6. The summed E-state index contributed by atoms with van der Waals surface area (Å²) in [7, 11) is 0. The van der Waals surface area contributed by atoms with Crippen molar-refractivity contribution in [3.63, 3.8) is 0 Å². The van der Waals surface area contributed by atoms with Crippen molar-refractivity contribution in [3.05, 3.63) is 119 Å². The fourth-order valence-corrected chi connectivity index (χ4v) is 4.06. The number of halogens is 2. The number of carbonyl (C=O) groups excluding carboxylic acids is 1. The molecule has 4 aromatic carbocycles. The number of para-hydroxylation sites is 2. The Balaban J connectivity index is 1.45. The van der Waals surface area contributed by atoms with E-state index in [0.717, 1.165) is 0 Å².